The van der Waals surface area contributed by atoms with Crippen LogP contribution in [0.5, 0.6) is 0 Å². The second-order valence-electron chi connectivity index (χ2n) is 10.2. The van der Waals surface area contributed by atoms with Gasteiger partial charge in [0, 0.05) is 5.57 Å². The molecule has 1 amide bonds. The number of carbonyl (C=O) groups excluding carboxylic acids is 1. The predicted octanol–water partition coefficient (Wildman–Crippen LogP) is 3.67. The molecular weight excluding hydrogens is 563 g/mol. The summed E-state index contributed by atoms with van der Waals surface area (Å²) in [5.74, 6) is -0.222. The third-order valence-electron chi connectivity index (χ3n) is 7.25. The monoisotopic (exact) mass is 601 g/mol. The molecule has 0 aliphatic heterocycles. The maximum absolute atomic E-state index is 12.9. The van der Waals surface area contributed by atoms with Gasteiger partial charge >= 0.3 is 8.80 Å². The fourth-order valence-corrected chi connectivity index (χ4v) is 12.7. The Morgan fingerprint density at radius 3 is 1.40 bits per heavy atom. The summed E-state index contributed by atoms with van der Waals surface area (Å²) in [5.41, 5.74) is 7.20. The van der Waals surface area contributed by atoms with Crippen molar-refractivity contribution in [1.29, 1.82) is 0 Å². The fraction of sp³-hybridized carbons (Fsp3) is 0.323. The lowest BCUT2D eigenvalue weighted by Gasteiger charge is -2.37. The van der Waals surface area contributed by atoms with Crippen molar-refractivity contribution < 1.29 is 17.1 Å². The van der Waals surface area contributed by atoms with Gasteiger partial charge in [-0.3, -0.25) is 4.79 Å². The number of rotatable bonds is 13. The van der Waals surface area contributed by atoms with Crippen molar-refractivity contribution in [1.82, 2.24) is 5.32 Å². The van der Waals surface area contributed by atoms with E-state index in [-0.39, 0.29) is 35.2 Å². The number of amides is 1. The third kappa shape index (κ3) is 7.88. The van der Waals surface area contributed by atoms with Crippen LogP contribution in [0, 0.1) is 41.5 Å². The summed E-state index contributed by atoms with van der Waals surface area (Å²) in [6.07, 6.45) is 0.594. The predicted molar refractivity (Wildman–Crippen MR) is 170 cm³/mol. The second-order valence-corrected chi connectivity index (χ2v) is 16.8. The van der Waals surface area contributed by atoms with Crippen molar-refractivity contribution in [2.45, 2.75) is 67.5 Å². The van der Waals surface area contributed by atoms with Gasteiger partial charge in [0.25, 0.3) is 29.3 Å². The van der Waals surface area contributed by atoms with E-state index in [1.54, 1.807) is 6.92 Å². The van der Waals surface area contributed by atoms with Crippen molar-refractivity contribution in [3.05, 3.63) is 100 Å². The molecule has 3 aromatic rings. The topological polar surface area (TPSA) is 56.8 Å². The van der Waals surface area contributed by atoms with Crippen molar-refractivity contribution >= 4 is 59.6 Å². The second kappa shape index (κ2) is 14.5. The van der Waals surface area contributed by atoms with Gasteiger partial charge in [-0.05, 0) is 104 Å². The zero-order valence-electron chi connectivity index (χ0n) is 24.8. The van der Waals surface area contributed by atoms with E-state index >= 15 is 0 Å². The lowest BCUT2D eigenvalue weighted by atomic mass is 10.1. The van der Waals surface area contributed by atoms with E-state index in [0.29, 0.717) is 12.0 Å². The van der Waals surface area contributed by atoms with Gasteiger partial charge in [-0.25, -0.2) is 0 Å². The molecule has 0 bridgehead atoms. The molecule has 5 nitrogen and oxygen atoms in total. The molecule has 1 atom stereocenters. The van der Waals surface area contributed by atoms with Crippen LogP contribution in [0.4, 0.5) is 0 Å². The molecule has 1 unspecified atom stereocenters. The summed E-state index contributed by atoms with van der Waals surface area (Å²) in [6, 6.07) is 18.7. The molecule has 3 aromatic carbocycles. The highest BCUT2D eigenvalue weighted by Gasteiger charge is 2.50. The van der Waals surface area contributed by atoms with Gasteiger partial charge in [-0.2, -0.15) is 0 Å². The van der Waals surface area contributed by atoms with E-state index in [2.05, 4.69) is 108 Å². The van der Waals surface area contributed by atoms with Crippen molar-refractivity contribution in [2.24, 2.45) is 0 Å². The highest BCUT2D eigenvalue weighted by molar-refractivity contribution is 6.79. The number of nitrogens with one attached hydrogen (secondary N) is 1. The van der Waals surface area contributed by atoms with Gasteiger partial charge in [-0.15, -0.1) is 0 Å². The average molecular weight is 602 g/mol. The maximum atomic E-state index is 12.9. The lowest BCUT2D eigenvalue weighted by Crippen LogP contribution is -2.66. The minimum Gasteiger partial charge on any atom is -0.410 e. The van der Waals surface area contributed by atoms with Crippen LogP contribution in [0.15, 0.2) is 66.7 Å². The first-order valence-corrected chi connectivity index (χ1v) is 18.0. The first kappa shape index (κ1) is 32.1. The highest BCUT2D eigenvalue weighted by atomic mass is 28.5. The fourth-order valence-electron chi connectivity index (χ4n) is 3.96. The first-order chi connectivity index (χ1) is 19.0. The molecule has 9 heteroatoms. The number of hydrogen-bond acceptors (Lipinski definition) is 4. The van der Waals surface area contributed by atoms with Gasteiger partial charge in [0.05, 0.1) is 5.67 Å². The Kier molecular flexibility index (Phi) is 11.6. The number of benzene rings is 3. The van der Waals surface area contributed by atoms with Crippen molar-refractivity contribution in [3.8, 4) is 0 Å². The SMILES string of the molecule is C=C(C)C(=O)NC(CC)[Si](O[Si]c1cccc(C)c1C)(O[Si]c1cccc(C)c1C)O[Si]c1cccc(C)c1C. The van der Waals surface area contributed by atoms with E-state index in [0.717, 1.165) is 15.6 Å². The quantitative estimate of drug-likeness (QED) is 0.240. The standard InChI is InChI=1S/C31H39NO4Si4/c1-10-30(32-31(33)20(2)3)40(34-37-27-17-11-14-21(4)24(27)7,35-38-28-18-12-15-22(5)25(28)8)36-39-29-19-13-16-23(6)26(29)9/h11-19,30H,2,10H2,1,3-9H3,(H,32,33). The van der Waals surface area contributed by atoms with Crippen LogP contribution in [0.3, 0.4) is 0 Å². The Morgan fingerprint density at radius 1 is 0.750 bits per heavy atom. The highest BCUT2D eigenvalue weighted by Crippen LogP contribution is 2.19. The Balaban J connectivity index is 2.07. The van der Waals surface area contributed by atoms with Gasteiger partial charge in [0.2, 0.25) is 5.91 Å². The molecule has 40 heavy (non-hydrogen) atoms. The summed E-state index contributed by atoms with van der Waals surface area (Å²) in [6.45, 7) is 20.2. The average Bonchev–Trinajstić information content (AvgIpc) is 2.93. The minimum absolute atomic E-state index is 0.00976. The van der Waals surface area contributed by atoms with Crippen LogP contribution in [-0.2, 0) is 17.1 Å². The molecular formula is C31H39NO4Si4. The Labute approximate surface area is 248 Å². The van der Waals surface area contributed by atoms with Crippen LogP contribution >= 0.6 is 0 Å². The molecule has 0 aromatic heterocycles. The first-order valence-electron chi connectivity index (χ1n) is 13.5. The Bertz CT molecular complexity index is 1230. The maximum Gasteiger partial charge on any atom is 0.493 e. The lowest BCUT2D eigenvalue weighted by molar-refractivity contribution is -0.118. The van der Waals surface area contributed by atoms with E-state index in [9.17, 15) is 4.79 Å². The Hall–Kier alpha value is -2.38. The van der Waals surface area contributed by atoms with Gasteiger partial charge < -0.3 is 17.7 Å². The van der Waals surface area contributed by atoms with Gasteiger partial charge in [0.1, 0.15) is 0 Å². The summed E-state index contributed by atoms with van der Waals surface area (Å²) >= 11 is 0. The third-order valence-corrected chi connectivity index (χ3v) is 15.6. The molecule has 0 aliphatic rings. The summed E-state index contributed by atoms with van der Waals surface area (Å²) in [7, 11) is -3.51. The molecule has 3 rings (SSSR count). The molecule has 6 radical (unpaired) electrons. The minimum atomic E-state index is -3.54. The molecule has 1 N–H and O–H groups in total. The van der Waals surface area contributed by atoms with E-state index in [1.807, 2.05) is 6.92 Å². The zero-order chi connectivity index (χ0) is 29.4. The molecule has 0 fully saturated rings. The normalized spacial score (nSPS) is 12.3. The van der Waals surface area contributed by atoms with Gasteiger partial charge in [0.15, 0.2) is 0 Å². The van der Waals surface area contributed by atoms with Crippen molar-refractivity contribution in [2.75, 3.05) is 0 Å². The number of carbonyl (C=O) groups is 1. The molecule has 208 valence electrons. The van der Waals surface area contributed by atoms with Gasteiger partial charge in [-0.1, -0.05) is 68.1 Å². The number of hydrogen-bond donors (Lipinski definition) is 1. The smallest absolute Gasteiger partial charge is 0.410 e. The largest absolute Gasteiger partial charge is 0.493 e. The molecule has 0 aliphatic carbocycles. The zero-order valence-corrected chi connectivity index (χ0v) is 28.8. The van der Waals surface area contributed by atoms with Crippen LogP contribution in [0.2, 0.25) is 0 Å². The summed E-state index contributed by atoms with van der Waals surface area (Å²) < 4.78 is 20.6. The molecule has 0 saturated carbocycles. The Morgan fingerprint density at radius 2 is 1.10 bits per heavy atom. The molecule has 0 spiro atoms. The molecule has 0 saturated heterocycles. The van der Waals surface area contributed by atoms with Crippen molar-refractivity contribution in [3.63, 3.8) is 0 Å². The van der Waals surface area contributed by atoms with E-state index in [1.165, 1.54) is 33.4 Å². The van der Waals surface area contributed by atoms with E-state index in [4.69, 9.17) is 12.3 Å². The van der Waals surface area contributed by atoms with E-state index < -0.39 is 14.5 Å². The van der Waals surface area contributed by atoms with Crippen LogP contribution < -0.4 is 20.9 Å². The van der Waals surface area contributed by atoms with Crippen LogP contribution in [0.1, 0.15) is 53.6 Å². The molecule has 0 heterocycles. The van der Waals surface area contributed by atoms with Crippen LogP contribution in [-0.4, -0.2) is 49.7 Å². The summed E-state index contributed by atoms with van der Waals surface area (Å²) in [5, 5.41) is 6.48. The van der Waals surface area contributed by atoms with Crippen LogP contribution in [0.25, 0.3) is 0 Å². The summed E-state index contributed by atoms with van der Waals surface area (Å²) in [4.78, 5) is 12.9. The number of aryl methyl sites for hydroxylation is 3.